The van der Waals surface area contributed by atoms with Crippen LogP contribution in [0.15, 0.2) is 23.1 Å². The van der Waals surface area contributed by atoms with Gasteiger partial charge >= 0.3 is 0 Å². The SMILES string of the molecule is CCCC(N)C(CC)Sc1cc(F)ccc1F. The van der Waals surface area contributed by atoms with Crippen LogP contribution in [0.5, 0.6) is 0 Å². The molecule has 0 saturated carbocycles. The number of thioether (sulfide) groups is 1. The molecule has 0 aromatic heterocycles. The molecule has 0 spiro atoms. The van der Waals surface area contributed by atoms with Crippen molar-refractivity contribution in [3.05, 3.63) is 29.8 Å². The lowest BCUT2D eigenvalue weighted by atomic mass is 10.1. The van der Waals surface area contributed by atoms with Gasteiger partial charge in [-0.3, -0.25) is 0 Å². The first-order chi connectivity index (χ1) is 8.08. The van der Waals surface area contributed by atoms with Gasteiger partial charge in [0.2, 0.25) is 0 Å². The van der Waals surface area contributed by atoms with Gasteiger partial charge in [0.05, 0.1) is 0 Å². The third-order valence-electron chi connectivity index (χ3n) is 2.67. The molecule has 2 unspecified atom stereocenters. The number of rotatable bonds is 6. The van der Waals surface area contributed by atoms with E-state index in [4.69, 9.17) is 5.73 Å². The summed E-state index contributed by atoms with van der Waals surface area (Å²) in [6.07, 6.45) is 2.76. The van der Waals surface area contributed by atoms with Gasteiger partial charge in [-0.05, 0) is 31.0 Å². The van der Waals surface area contributed by atoms with Crippen molar-refractivity contribution in [2.75, 3.05) is 0 Å². The van der Waals surface area contributed by atoms with E-state index in [9.17, 15) is 8.78 Å². The van der Waals surface area contributed by atoms with Gasteiger partial charge in [-0.25, -0.2) is 8.78 Å². The van der Waals surface area contributed by atoms with Crippen LogP contribution in [0, 0.1) is 11.6 Å². The Kier molecular flexibility index (Phi) is 5.92. The van der Waals surface area contributed by atoms with Gasteiger partial charge in [0.1, 0.15) is 11.6 Å². The standard InChI is InChI=1S/C13H19F2NS/c1-3-5-11(16)12(4-2)17-13-8-9(14)6-7-10(13)15/h6-8,11-12H,3-5,16H2,1-2H3. The minimum atomic E-state index is -0.409. The molecule has 1 nitrogen and oxygen atoms in total. The van der Waals surface area contributed by atoms with Gasteiger partial charge in [0.15, 0.2) is 0 Å². The number of benzene rings is 1. The van der Waals surface area contributed by atoms with Gasteiger partial charge < -0.3 is 5.73 Å². The minimum Gasteiger partial charge on any atom is -0.327 e. The lowest BCUT2D eigenvalue weighted by Gasteiger charge is -2.21. The molecule has 0 amide bonds. The van der Waals surface area contributed by atoms with Crippen molar-refractivity contribution in [1.29, 1.82) is 0 Å². The van der Waals surface area contributed by atoms with Crippen LogP contribution >= 0.6 is 11.8 Å². The molecule has 0 aliphatic rings. The second-order valence-corrected chi connectivity index (χ2v) is 5.37. The van der Waals surface area contributed by atoms with Gasteiger partial charge in [0, 0.05) is 16.2 Å². The van der Waals surface area contributed by atoms with Gasteiger partial charge in [-0.15, -0.1) is 11.8 Å². The van der Waals surface area contributed by atoms with Crippen LogP contribution in [0.2, 0.25) is 0 Å². The van der Waals surface area contributed by atoms with Crippen molar-refractivity contribution < 1.29 is 8.78 Å². The molecular formula is C13H19F2NS. The average molecular weight is 259 g/mol. The molecule has 2 atom stereocenters. The summed E-state index contributed by atoms with van der Waals surface area (Å²) in [5.41, 5.74) is 6.04. The van der Waals surface area contributed by atoms with Crippen LogP contribution in [-0.4, -0.2) is 11.3 Å². The monoisotopic (exact) mass is 259 g/mol. The van der Waals surface area contributed by atoms with E-state index in [0.29, 0.717) is 4.90 Å². The van der Waals surface area contributed by atoms with E-state index in [1.165, 1.54) is 17.8 Å². The number of hydrogen-bond acceptors (Lipinski definition) is 2. The quantitative estimate of drug-likeness (QED) is 0.782. The maximum atomic E-state index is 13.5. The molecular weight excluding hydrogens is 240 g/mol. The normalized spacial score (nSPS) is 14.6. The highest BCUT2D eigenvalue weighted by Crippen LogP contribution is 2.30. The van der Waals surface area contributed by atoms with Crippen molar-refractivity contribution in [2.24, 2.45) is 5.73 Å². The molecule has 0 heterocycles. The fourth-order valence-electron chi connectivity index (χ4n) is 1.72. The smallest absolute Gasteiger partial charge is 0.136 e. The molecule has 1 aromatic rings. The first kappa shape index (κ1) is 14.5. The summed E-state index contributed by atoms with van der Waals surface area (Å²) in [4.78, 5) is 0.350. The summed E-state index contributed by atoms with van der Waals surface area (Å²) in [6.45, 7) is 4.09. The second kappa shape index (κ2) is 6.97. The van der Waals surface area contributed by atoms with Crippen LogP contribution in [0.1, 0.15) is 33.1 Å². The Labute approximate surface area is 106 Å². The Balaban J connectivity index is 2.76. The van der Waals surface area contributed by atoms with E-state index in [-0.39, 0.29) is 17.1 Å². The Morgan fingerprint density at radius 2 is 2.00 bits per heavy atom. The first-order valence-corrected chi connectivity index (χ1v) is 6.83. The summed E-state index contributed by atoms with van der Waals surface area (Å²) in [7, 11) is 0. The van der Waals surface area contributed by atoms with Crippen LogP contribution in [0.25, 0.3) is 0 Å². The van der Waals surface area contributed by atoms with Crippen molar-refractivity contribution in [1.82, 2.24) is 0 Å². The van der Waals surface area contributed by atoms with Crippen molar-refractivity contribution >= 4 is 11.8 Å². The summed E-state index contributed by atoms with van der Waals surface area (Å²) < 4.78 is 26.5. The molecule has 2 N–H and O–H groups in total. The molecule has 0 aliphatic heterocycles. The van der Waals surface area contributed by atoms with E-state index in [2.05, 4.69) is 6.92 Å². The average Bonchev–Trinajstić information content (AvgIpc) is 2.30. The second-order valence-electron chi connectivity index (χ2n) is 4.09. The maximum Gasteiger partial charge on any atom is 0.136 e. The Hall–Kier alpha value is -0.610. The summed E-state index contributed by atoms with van der Waals surface area (Å²) in [6, 6.07) is 3.56. The number of hydrogen-bond donors (Lipinski definition) is 1. The van der Waals surface area contributed by atoms with Gasteiger partial charge in [-0.1, -0.05) is 20.3 Å². The van der Waals surface area contributed by atoms with E-state index in [1.54, 1.807) is 0 Å². The molecule has 0 fully saturated rings. The molecule has 0 radical (unpaired) electrons. The zero-order valence-electron chi connectivity index (χ0n) is 10.2. The maximum absolute atomic E-state index is 13.5. The summed E-state index contributed by atoms with van der Waals surface area (Å²) in [5.74, 6) is -0.786. The summed E-state index contributed by atoms with van der Waals surface area (Å²) >= 11 is 1.34. The fourth-order valence-corrected chi connectivity index (χ4v) is 2.89. The highest BCUT2D eigenvalue weighted by Gasteiger charge is 2.18. The molecule has 0 aliphatic carbocycles. The Morgan fingerprint density at radius 3 is 2.59 bits per heavy atom. The number of halogens is 2. The molecule has 0 bridgehead atoms. The van der Waals surface area contributed by atoms with Crippen molar-refractivity contribution in [3.63, 3.8) is 0 Å². The molecule has 1 aromatic carbocycles. The molecule has 17 heavy (non-hydrogen) atoms. The first-order valence-electron chi connectivity index (χ1n) is 5.95. The lowest BCUT2D eigenvalue weighted by Crippen LogP contribution is -2.31. The zero-order valence-corrected chi connectivity index (χ0v) is 11.1. The van der Waals surface area contributed by atoms with Crippen molar-refractivity contribution in [2.45, 2.75) is 49.3 Å². The Morgan fingerprint density at radius 1 is 1.29 bits per heavy atom. The van der Waals surface area contributed by atoms with Crippen LogP contribution in [0.4, 0.5) is 8.78 Å². The fraction of sp³-hybridized carbons (Fsp3) is 0.538. The number of nitrogens with two attached hydrogens (primary N) is 1. The highest BCUT2D eigenvalue weighted by atomic mass is 32.2. The topological polar surface area (TPSA) is 26.0 Å². The van der Waals surface area contributed by atoms with Gasteiger partial charge in [-0.2, -0.15) is 0 Å². The Bertz CT molecular complexity index is 357. The summed E-state index contributed by atoms with van der Waals surface area (Å²) in [5, 5.41) is 0.131. The van der Waals surface area contributed by atoms with Crippen LogP contribution in [-0.2, 0) is 0 Å². The third-order valence-corrected chi connectivity index (χ3v) is 4.23. The van der Waals surface area contributed by atoms with E-state index < -0.39 is 5.82 Å². The zero-order chi connectivity index (χ0) is 12.8. The molecule has 4 heteroatoms. The molecule has 1 rings (SSSR count). The minimum absolute atomic E-state index is 0.0256. The highest BCUT2D eigenvalue weighted by molar-refractivity contribution is 8.00. The van der Waals surface area contributed by atoms with E-state index in [1.807, 2.05) is 6.92 Å². The predicted octanol–water partition coefficient (Wildman–Crippen LogP) is 3.96. The molecule has 96 valence electrons. The molecule has 0 saturated heterocycles. The van der Waals surface area contributed by atoms with Gasteiger partial charge in [0.25, 0.3) is 0 Å². The van der Waals surface area contributed by atoms with Crippen LogP contribution < -0.4 is 5.73 Å². The predicted molar refractivity (Wildman–Crippen MR) is 69.2 cm³/mol. The lowest BCUT2D eigenvalue weighted by molar-refractivity contribution is 0.559. The third kappa shape index (κ3) is 4.28. The van der Waals surface area contributed by atoms with E-state index >= 15 is 0 Å². The van der Waals surface area contributed by atoms with Crippen molar-refractivity contribution in [3.8, 4) is 0 Å². The van der Waals surface area contributed by atoms with E-state index in [0.717, 1.165) is 31.4 Å². The van der Waals surface area contributed by atoms with Crippen LogP contribution in [0.3, 0.4) is 0 Å². The largest absolute Gasteiger partial charge is 0.327 e.